The van der Waals surface area contributed by atoms with Crippen LogP contribution in [-0.2, 0) is 4.79 Å². The summed E-state index contributed by atoms with van der Waals surface area (Å²) in [5.41, 5.74) is 0.715. The minimum absolute atomic E-state index is 0.0722. The Morgan fingerprint density at radius 3 is 2.50 bits per heavy atom. The molecule has 0 saturated carbocycles. The number of aliphatic carboxylic acids is 1. The van der Waals surface area contributed by atoms with Crippen molar-refractivity contribution in [3.63, 3.8) is 0 Å². The van der Waals surface area contributed by atoms with E-state index < -0.39 is 11.9 Å². The van der Waals surface area contributed by atoms with Crippen molar-refractivity contribution in [2.75, 3.05) is 6.54 Å². The summed E-state index contributed by atoms with van der Waals surface area (Å²) in [6.07, 6.45) is 0.498. The Morgan fingerprint density at radius 2 is 2.00 bits per heavy atom. The molecule has 0 fully saturated rings. The Morgan fingerprint density at radius 1 is 1.35 bits per heavy atom. The second kappa shape index (κ2) is 7.03. The third-order valence-electron chi connectivity index (χ3n) is 3.03. The van der Waals surface area contributed by atoms with Gasteiger partial charge < -0.3 is 10.4 Å². The van der Waals surface area contributed by atoms with Gasteiger partial charge in [-0.25, -0.2) is 4.39 Å². The highest BCUT2D eigenvalue weighted by molar-refractivity contribution is 5.94. The third-order valence-corrected chi connectivity index (χ3v) is 3.03. The molecule has 0 bridgehead atoms. The van der Waals surface area contributed by atoms with Crippen molar-refractivity contribution >= 4 is 11.9 Å². The first-order valence-electron chi connectivity index (χ1n) is 6.58. The summed E-state index contributed by atoms with van der Waals surface area (Å²) < 4.78 is 13.1. The highest BCUT2D eigenvalue weighted by Crippen LogP contribution is 2.12. The van der Waals surface area contributed by atoms with E-state index in [0.717, 1.165) is 0 Å². The van der Waals surface area contributed by atoms with Crippen LogP contribution in [0, 0.1) is 24.6 Å². The summed E-state index contributed by atoms with van der Waals surface area (Å²) in [6, 6.07) is 4.06. The topological polar surface area (TPSA) is 66.4 Å². The number of hydrogen-bond acceptors (Lipinski definition) is 2. The average Bonchev–Trinajstić information content (AvgIpc) is 2.36. The lowest BCUT2D eigenvalue weighted by Gasteiger charge is -2.15. The van der Waals surface area contributed by atoms with Gasteiger partial charge in [-0.3, -0.25) is 9.59 Å². The second-order valence-electron chi connectivity index (χ2n) is 5.34. The van der Waals surface area contributed by atoms with Crippen molar-refractivity contribution < 1.29 is 19.1 Å². The van der Waals surface area contributed by atoms with Gasteiger partial charge in [0.05, 0.1) is 5.92 Å². The second-order valence-corrected chi connectivity index (χ2v) is 5.34. The minimum atomic E-state index is -0.922. The summed E-state index contributed by atoms with van der Waals surface area (Å²) >= 11 is 0. The summed E-state index contributed by atoms with van der Waals surface area (Å²) in [6.45, 7) is 5.51. The zero-order valence-electron chi connectivity index (χ0n) is 11.9. The summed E-state index contributed by atoms with van der Waals surface area (Å²) in [5.74, 6) is -2.05. The fraction of sp³-hybridized carbons (Fsp3) is 0.467. The van der Waals surface area contributed by atoms with E-state index in [0.29, 0.717) is 17.5 Å². The summed E-state index contributed by atoms with van der Waals surface area (Å²) in [4.78, 5) is 23.0. The van der Waals surface area contributed by atoms with Crippen molar-refractivity contribution in [3.05, 3.63) is 35.1 Å². The van der Waals surface area contributed by atoms with E-state index in [1.165, 1.54) is 18.2 Å². The molecule has 1 rings (SSSR count). The van der Waals surface area contributed by atoms with Crippen LogP contribution in [0.2, 0.25) is 0 Å². The molecule has 1 amide bonds. The fourth-order valence-electron chi connectivity index (χ4n) is 1.94. The quantitative estimate of drug-likeness (QED) is 0.842. The number of carbonyl (C=O) groups excluding carboxylic acids is 1. The van der Waals surface area contributed by atoms with Crippen LogP contribution in [-0.4, -0.2) is 23.5 Å². The van der Waals surface area contributed by atoms with Gasteiger partial charge in [0.25, 0.3) is 5.91 Å². The number of carboxylic acids is 1. The Labute approximate surface area is 118 Å². The maximum Gasteiger partial charge on any atom is 0.308 e. The number of carboxylic acid groups (broad SMARTS) is 1. The van der Waals surface area contributed by atoms with Gasteiger partial charge in [0.15, 0.2) is 0 Å². The molecule has 0 aliphatic carbocycles. The number of aryl methyl sites for hydroxylation is 1. The lowest BCUT2D eigenvalue weighted by molar-refractivity contribution is -0.142. The van der Waals surface area contributed by atoms with E-state index in [-0.39, 0.29) is 24.2 Å². The molecule has 0 radical (unpaired) electrons. The van der Waals surface area contributed by atoms with Crippen molar-refractivity contribution in [2.24, 2.45) is 11.8 Å². The number of amides is 1. The van der Waals surface area contributed by atoms with E-state index in [4.69, 9.17) is 5.11 Å². The normalized spacial score (nSPS) is 12.2. The molecular formula is C15H20FNO3. The molecule has 0 saturated heterocycles. The number of halogens is 1. The standard InChI is InChI=1S/C15H20FNO3/c1-9(2)6-12(15(19)20)8-17-14(18)11-4-5-13(16)10(3)7-11/h4-5,7,9,12H,6,8H2,1-3H3,(H,17,18)(H,19,20). The first-order valence-corrected chi connectivity index (χ1v) is 6.58. The highest BCUT2D eigenvalue weighted by Gasteiger charge is 2.20. The molecule has 20 heavy (non-hydrogen) atoms. The minimum Gasteiger partial charge on any atom is -0.481 e. The van der Waals surface area contributed by atoms with Crippen LogP contribution < -0.4 is 5.32 Å². The molecule has 110 valence electrons. The van der Waals surface area contributed by atoms with Crippen molar-refractivity contribution in [3.8, 4) is 0 Å². The van der Waals surface area contributed by atoms with Gasteiger partial charge in [-0.1, -0.05) is 13.8 Å². The molecule has 0 aliphatic rings. The van der Waals surface area contributed by atoms with E-state index in [9.17, 15) is 14.0 Å². The van der Waals surface area contributed by atoms with Gasteiger partial charge >= 0.3 is 5.97 Å². The van der Waals surface area contributed by atoms with Crippen LogP contribution in [0.4, 0.5) is 4.39 Å². The molecule has 2 N–H and O–H groups in total. The van der Waals surface area contributed by atoms with E-state index in [2.05, 4.69) is 5.32 Å². The van der Waals surface area contributed by atoms with Crippen LogP contribution in [0.3, 0.4) is 0 Å². The predicted molar refractivity (Wildman–Crippen MR) is 74.1 cm³/mol. The Kier molecular flexibility index (Phi) is 5.67. The number of benzene rings is 1. The molecule has 0 heterocycles. The molecule has 5 heteroatoms. The van der Waals surface area contributed by atoms with Gasteiger partial charge in [0, 0.05) is 12.1 Å². The smallest absolute Gasteiger partial charge is 0.308 e. The van der Waals surface area contributed by atoms with Crippen LogP contribution >= 0.6 is 0 Å². The molecule has 0 aromatic heterocycles. The summed E-state index contributed by atoms with van der Waals surface area (Å²) in [7, 11) is 0. The third kappa shape index (κ3) is 4.64. The van der Waals surface area contributed by atoms with E-state index in [1.807, 2.05) is 13.8 Å². The lowest BCUT2D eigenvalue weighted by atomic mass is 9.97. The van der Waals surface area contributed by atoms with Gasteiger partial charge in [-0.05, 0) is 43.0 Å². The van der Waals surface area contributed by atoms with Crippen LogP contribution in [0.5, 0.6) is 0 Å². The van der Waals surface area contributed by atoms with Gasteiger partial charge in [-0.2, -0.15) is 0 Å². The van der Waals surface area contributed by atoms with Crippen molar-refractivity contribution in [1.29, 1.82) is 0 Å². The first-order chi connectivity index (χ1) is 9.31. The zero-order valence-corrected chi connectivity index (χ0v) is 11.9. The zero-order chi connectivity index (χ0) is 15.3. The fourth-order valence-corrected chi connectivity index (χ4v) is 1.94. The summed E-state index contributed by atoms with van der Waals surface area (Å²) in [5, 5.41) is 11.7. The van der Waals surface area contributed by atoms with E-state index in [1.54, 1.807) is 6.92 Å². The van der Waals surface area contributed by atoms with Gasteiger partial charge in [-0.15, -0.1) is 0 Å². The molecule has 1 aromatic carbocycles. The highest BCUT2D eigenvalue weighted by atomic mass is 19.1. The Bertz CT molecular complexity index is 500. The van der Waals surface area contributed by atoms with Crippen LogP contribution in [0.15, 0.2) is 18.2 Å². The van der Waals surface area contributed by atoms with Crippen LogP contribution in [0.1, 0.15) is 36.2 Å². The molecule has 4 nitrogen and oxygen atoms in total. The maximum absolute atomic E-state index is 13.1. The number of hydrogen-bond donors (Lipinski definition) is 2. The van der Waals surface area contributed by atoms with Gasteiger partial charge in [0.2, 0.25) is 0 Å². The number of nitrogens with one attached hydrogen (secondary N) is 1. The monoisotopic (exact) mass is 281 g/mol. The number of rotatable bonds is 6. The van der Waals surface area contributed by atoms with Crippen LogP contribution in [0.25, 0.3) is 0 Å². The Hall–Kier alpha value is -1.91. The first kappa shape index (κ1) is 16.1. The Balaban J connectivity index is 2.65. The van der Waals surface area contributed by atoms with Crippen molar-refractivity contribution in [2.45, 2.75) is 27.2 Å². The van der Waals surface area contributed by atoms with E-state index >= 15 is 0 Å². The molecule has 1 atom stereocenters. The molecule has 1 unspecified atom stereocenters. The van der Waals surface area contributed by atoms with Gasteiger partial charge in [0.1, 0.15) is 5.82 Å². The van der Waals surface area contributed by atoms with Crippen molar-refractivity contribution in [1.82, 2.24) is 5.32 Å². The molecule has 1 aromatic rings. The largest absolute Gasteiger partial charge is 0.481 e. The predicted octanol–water partition coefficient (Wildman–Crippen LogP) is 2.61. The lowest BCUT2D eigenvalue weighted by Crippen LogP contribution is -2.33. The SMILES string of the molecule is Cc1cc(C(=O)NCC(CC(C)C)C(=O)O)ccc1F. The molecular weight excluding hydrogens is 261 g/mol. The average molecular weight is 281 g/mol. The molecule has 0 aliphatic heterocycles. The maximum atomic E-state index is 13.1. The number of carbonyl (C=O) groups is 2. The molecule has 0 spiro atoms.